The first-order valence-electron chi connectivity index (χ1n) is 6.42. The highest BCUT2D eigenvalue weighted by Crippen LogP contribution is 2.18. The number of ether oxygens (including phenoxy) is 1. The lowest BCUT2D eigenvalue weighted by Gasteiger charge is -2.22. The van der Waals surface area contributed by atoms with E-state index in [1.165, 1.54) is 6.92 Å². The molecule has 0 aromatic heterocycles. The summed E-state index contributed by atoms with van der Waals surface area (Å²) in [4.78, 5) is 12.6. The van der Waals surface area contributed by atoms with Crippen LogP contribution < -0.4 is 4.74 Å². The predicted molar refractivity (Wildman–Crippen MR) is 69.6 cm³/mol. The lowest BCUT2D eigenvalue weighted by Crippen LogP contribution is -2.39. The molecule has 1 rings (SSSR count). The number of benzene rings is 1. The van der Waals surface area contributed by atoms with Crippen LogP contribution in [0.1, 0.15) is 19.4 Å². The number of hydrogen-bond acceptors (Lipinski definition) is 2. The highest BCUT2D eigenvalue weighted by Gasteiger charge is 2.32. The van der Waals surface area contributed by atoms with Crippen LogP contribution in [0.15, 0.2) is 24.3 Å². The fourth-order valence-corrected chi connectivity index (χ4v) is 1.75. The summed E-state index contributed by atoms with van der Waals surface area (Å²) in [5.74, 6) is 0.139. The van der Waals surface area contributed by atoms with E-state index in [9.17, 15) is 18.0 Å². The minimum Gasteiger partial charge on any atom is -0.494 e. The standard InChI is InChI=1S/C14H18F3NO2/c1-3-18(10-14(15,16)17)13(19)9-11-5-7-12(8-6-11)20-4-2/h5-8H,3-4,9-10H2,1-2H3. The number of likely N-dealkylation sites (N-methyl/N-ethyl adjacent to an activating group) is 1. The Hall–Kier alpha value is -1.72. The van der Waals surface area contributed by atoms with Crippen LogP contribution >= 0.6 is 0 Å². The van der Waals surface area contributed by atoms with Crippen LogP contribution in [0.4, 0.5) is 13.2 Å². The smallest absolute Gasteiger partial charge is 0.406 e. The van der Waals surface area contributed by atoms with Gasteiger partial charge in [0.25, 0.3) is 0 Å². The summed E-state index contributed by atoms with van der Waals surface area (Å²) < 4.78 is 42.2. The molecule has 1 aromatic carbocycles. The van der Waals surface area contributed by atoms with Gasteiger partial charge in [-0.15, -0.1) is 0 Å². The summed E-state index contributed by atoms with van der Waals surface area (Å²) >= 11 is 0. The molecule has 6 heteroatoms. The summed E-state index contributed by atoms with van der Waals surface area (Å²) in [6.45, 7) is 2.75. The molecule has 0 aliphatic carbocycles. The highest BCUT2D eigenvalue weighted by atomic mass is 19.4. The van der Waals surface area contributed by atoms with Gasteiger partial charge in [0.15, 0.2) is 0 Å². The second-order valence-corrected chi connectivity index (χ2v) is 4.28. The van der Waals surface area contributed by atoms with Crippen molar-refractivity contribution < 1.29 is 22.7 Å². The zero-order chi connectivity index (χ0) is 15.2. The van der Waals surface area contributed by atoms with E-state index >= 15 is 0 Å². The monoisotopic (exact) mass is 289 g/mol. The second kappa shape index (κ2) is 7.17. The third kappa shape index (κ3) is 5.50. The van der Waals surface area contributed by atoms with E-state index < -0.39 is 18.6 Å². The van der Waals surface area contributed by atoms with Crippen molar-refractivity contribution in [3.05, 3.63) is 29.8 Å². The van der Waals surface area contributed by atoms with Gasteiger partial charge in [0.2, 0.25) is 5.91 Å². The topological polar surface area (TPSA) is 29.5 Å². The number of alkyl halides is 3. The molecule has 0 unspecified atom stereocenters. The summed E-state index contributed by atoms with van der Waals surface area (Å²) in [5, 5.41) is 0. The Bertz CT molecular complexity index is 429. The number of carbonyl (C=O) groups is 1. The molecule has 0 heterocycles. The molecule has 0 spiro atoms. The fourth-order valence-electron chi connectivity index (χ4n) is 1.75. The van der Waals surface area contributed by atoms with Crippen LogP contribution in [0.2, 0.25) is 0 Å². The van der Waals surface area contributed by atoms with Gasteiger partial charge < -0.3 is 9.64 Å². The molecular formula is C14H18F3NO2. The summed E-state index contributed by atoms with van der Waals surface area (Å²) in [5.41, 5.74) is 0.666. The normalized spacial score (nSPS) is 11.2. The molecule has 0 N–H and O–H groups in total. The minimum absolute atomic E-state index is 0.0371. The molecule has 112 valence electrons. The molecule has 0 aliphatic heterocycles. The van der Waals surface area contributed by atoms with Crippen molar-refractivity contribution in [1.82, 2.24) is 4.90 Å². The predicted octanol–water partition coefficient (Wildman–Crippen LogP) is 3.04. The van der Waals surface area contributed by atoms with E-state index in [1.807, 2.05) is 6.92 Å². The SMILES string of the molecule is CCOc1ccc(CC(=O)N(CC)CC(F)(F)F)cc1. The van der Waals surface area contributed by atoms with Crippen LogP contribution in [0, 0.1) is 0 Å². The van der Waals surface area contributed by atoms with E-state index in [0.29, 0.717) is 17.9 Å². The van der Waals surface area contributed by atoms with Crippen molar-refractivity contribution >= 4 is 5.91 Å². The average Bonchev–Trinajstić information content (AvgIpc) is 2.37. The number of halogens is 3. The first kappa shape index (κ1) is 16.3. The number of hydrogen-bond donors (Lipinski definition) is 0. The maximum atomic E-state index is 12.3. The van der Waals surface area contributed by atoms with Gasteiger partial charge in [0.05, 0.1) is 13.0 Å². The molecular weight excluding hydrogens is 271 g/mol. The van der Waals surface area contributed by atoms with Gasteiger partial charge in [0.1, 0.15) is 12.3 Å². The quantitative estimate of drug-likeness (QED) is 0.805. The van der Waals surface area contributed by atoms with Crippen LogP contribution in [-0.2, 0) is 11.2 Å². The van der Waals surface area contributed by atoms with Crippen LogP contribution in [0.3, 0.4) is 0 Å². The van der Waals surface area contributed by atoms with Crippen molar-refractivity contribution in [2.24, 2.45) is 0 Å². The average molecular weight is 289 g/mol. The Morgan fingerprint density at radius 2 is 1.80 bits per heavy atom. The second-order valence-electron chi connectivity index (χ2n) is 4.28. The van der Waals surface area contributed by atoms with Crippen molar-refractivity contribution in [1.29, 1.82) is 0 Å². The number of rotatable bonds is 6. The van der Waals surface area contributed by atoms with Gasteiger partial charge in [-0.25, -0.2) is 0 Å². The first-order valence-corrected chi connectivity index (χ1v) is 6.42. The highest BCUT2D eigenvalue weighted by molar-refractivity contribution is 5.78. The van der Waals surface area contributed by atoms with Crippen molar-refractivity contribution in [3.63, 3.8) is 0 Å². The molecule has 1 aromatic rings. The Morgan fingerprint density at radius 1 is 1.20 bits per heavy atom. The third-order valence-electron chi connectivity index (χ3n) is 2.69. The molecule has 0 saturated carbocycles. The van der Waals surface area contributed by atoms with E-state index in [-0.39, 0.29) is 13.0 Å². The van der Waals surface area contributed by atoms with Gasteiger partial charge >= 0.3 is 6.18 Å². The van der Waals surface area contributed by atoms with Gasteiger partial charge in [-0.3, -0.25) is 4.79 Å². The molecule has 20 heavy (non-hydrogen) atoms. The number of nitrogens with zero attached hydrogens (tertiary/aromatic N) is 1. The molecule has 0 saturated heterocycles. The summed E-state index contributed by atoms with van der Waals surface area (Å²) in [7, 11) is 0. The fraction of sp³-hybridized carbons (Fsp3) is 0.500. The van der Waals surface area contributed by atoms with Crippen LogP contribution in [0.5, 0.6) is 5.75 Å². The van der Waals surface area contributed by atoms with Crippen molar-refractivity contribution in [2.75, 3.05) is 19.7 Å². The third-order valence-corrected chi connectivity index (χ3v) is 2.69. The maximum absolute atomic E-state index is 12.3. The Morgan fingerprint density at radius 3 is 2.25 bits per heavy atom. The zero-order valence-corrected chi connectivity index (χ0v) is 11.5. The van der Waals surface area contributed by atoms with Crippen molar-refractivity contribution in [2.45, 2.75) is 26.4 Å². The van der Waals surface area contributed by atoms with Crippen LogP contribution in [-0.4, -0.2) is 36.7 Å². The van der Waals surface area contributed by atoms with Crippen LogP contribution in [0.25, 0.3) is 0 Å². The first-order chi connectivity index (χ1) is 9.35. The Labute approximate surface area is 116 Å². The van der Waals surface area contributed by atoms with Gasteiger partial charge in [-0.1, -0.05) is 12.1 Å². The largest absolute Gasteiger partial charge is 0.494 e. The van der Waals surface area contributed by atoms with Gasteiger partial charge in [-0.05, 0) is 31.5 Å². The van der Waals surface area contributed by atoms with Gasteiger partial charge in [0, 0.05) is 6.54 Å². The van der Waals surface area contributed by atoms with E-state index in [0.717, 1.165) is 4.90 Å². The number of amides is 1. The van der Waals surface area contributed by atoms with E-state index in [1.54, 1.807) is 24.3 Å². The lowest BCUT2D eigenvalue weighted by molar-refractivity contribution is -0.160. The molecule has 0 fully saturated rings. The van der Waals surface area contributed by atoms with E-state index in [4.69, 9.17) is 4.74 Å². The number of carbonyl (C=O) groups excluding carboxylic acids is 1. The van der Waals surface area contributed by atoms with Gasteiger partial charge in [-0.2, -0.15) is 13.2 Å². The molecule has 0 bridgehead atoms. The molecule has 3 nitrogen and oxygen atoms in total. The Kier molecular flexibility index (Phi) is 5.85. The molecule has 0 radical (unpaired) electrons. The summed E-state index contributed by atoms with van der Waals surface area (Å²) in [6.07, 6.45) is -4.42. The molecule has 0 atom stereocenters. The zero-order valence-electron chi connectivity index (χ0n) is 11.5. The lowest BCUT2D eigenvalue weighted by atomic mass is 10.1. The van der Waals surface area contributed by atoms with Crippen molar-refractivity contribution in [3.8, 4) is 5.75 Å². The summed E-state index contributed by atoms with van der Waals surface area (Å²) in [6, 6.07) is 6.77. The molecule has 0 aliphatic rings. The Balaban J connectivity index is 2.64. The van der Waals surface area contributed by atoms with E-state index in [2.05, 4.69) is 0 Å². The minimum atomic E-state index is -4.37. The molecule has 1 amide bonds. The maximum Gasteiger partial charge on any atom is 0.406 e.